The zero-order valence-electron chi connectivity index (χ0n) is 13.7. The quantitative estimate of drug-likeness (QED) is 0.831. The van der Waals surface area contributed by atoms with Crippen LogP contribution < -0.4 is 19.5 Å². The molecule has 0 aliphatic carbocycles. The highest BCUT2D eigenvalue weighted by molar-refractivity contribution is 5.62. The molecule has 1 aliphatic heterocycles. The van der Waals surface area contributed by atoms with E-state index in [-0.39, 0.29) is 12.3 Å². The highest BCUT2D eigenvalue weighted by Gasteiger charge is 2.22. The van der Waals surface area contributed by atoms with E-state index >= 15 is 0 Å². The molecule has 1 unspecified atom stereocenters. The third-order valence-corrected chi connectivity index (χ3v) is 4.00. The zero-order valence-corrected chi connectivity index (χ0v) is 13.7. The molecular weight excluding hydrogens is 332 g/mol. The third kappa shape index (κ3) is 3.93. The molecule has 0 fully saturated rings. The fourth-order valence-electron chi connectivity index (χ4n) is 2.77. The number of benzene rings is 2. The van der Waals surface area contributed by atoms with Crippen molar-refractivity contribution in [3.8, 4) is 17.2 Å². The smallest absolute Gasteiger partial charge is 0.387 e. The van der Waals surface area contributed by atoms with Crippen molar-refractivity contribution in [2.24, 2.45) is 0 Å². The van der Waals surface area contributed by atoms with Crippen LogP contribution in [0, 0.1) is 0 Å². The van der Waals surface area contributed by atoms with Crippen molar-refractivity contribution in [3.05, 3.63) is 47.5 Å². The fraction of sp³-hybridized carbons (Fsp3) is 0.333. The summed E-state index contributed by atoms with van der Waals surface area (Å²) in [6, 6.07) is 10.1. The molecule has 7 heteroatoms. The van der Waals surface area contributed by atoms with Gasteiger partial charge in [0.1, 0.15) is 17.2 Å². The van der Waals surface area contributed by atoms with Gasteiger partial charge >= 0.3 is 6.61 Å². The molecule has 0 saturated carbocycles. The van der Waals surface area contributed by atoms with Crippen LogP contribution in [-0.4, -0.2) is 25.4 Å². The molecule has 0 bridgehead atoms. The topological polar surface area (TPSA) is 60.0 Å². The largest absolute Gasteiger partial charge is 0.497 e. The Labute approximate surface area is 144 Å². The number of methoxy groups -OCH3 is 1. The van der Waals surface area contributed by atoms with E-state index in [1.54, 1.807) is 24.3 Å². The van der Waals surface area contributed by atoms with E-state index in [1.807, 2.05) is 6.07 Å². The maximum Gasteiger partial charge on any atom is 0.387 e. The first-order chi connectivity index (χ1) is 12.1. The Bertz CT molecular complexity index is 739. The summed E-state index contributed by atoms with van der Waals surface area (Å²) >= 11 is 0. The van der Waals surface area contributed by atoms with Crippen LogP contribution in [0.15, 0.2) is 36.4 Å². The Morgan fingerprint density at radius 3 is 2.92 bits per heavy atom. The predicted octanol–water partition coefficient (Wildman–Crippen LogP) is 3.72. The maximum absolute atomic E-state index is 12.6. The number of hydrogen-bond acceptors (Lipinski definition) is 5. The van der Waals surface area contributed by atoms with Gasteiger partial charge in [-0.1, -0.05) is 12.1 Å². The number of rotatable bonds is 6. The number of ether oxygens (including phenoxy) is 3. The lowest BCUT2D eigenvalue weighted by molar-refractivity contribution is -0.0504. The van der Waals surface area contributed by atoms with Crippen molar-refractivity contribution in [1.82, 2.24) is 0 Å². The van der Waals surface area contributed by atoms with Gasteiger partial charge in [0.15, 0.2) is 0 Å². The minimum absolute atomic E-state index is 0.0778. The number of anilines is 1. The number of alkyl halides is 2. The minimum atomic E-state index is -2.91. The van der Waals surface area contributed by atoms with Gasteiger partial charge < -0.3 is 24.6 Å². The predicted molar refractivity (Wildman–Crippen MR) is 88.5 cm³/mol. The van der Waals surface area contributed by atoms with Gasteiger partial charge in [-0.3, -0.25) is 0 Å². The van der Waals surface area contributed by atoms with Crippen molar-refractivity contribution >= 4 is 5.69 Å². The molecule has 0 amide bonds. The fourth-order valence-corrected chi connectivity index (χ4v) is 2.77. The third-order valence-electron chi connectivity index (χ3n) is 4.00. The summed E-state index contributed by atoms with van der Waals surface area (Å²) in [6.45, 7) is -2.25. The Morgan fingerprint density at radius 1 is 1.32 bits per heavy atom. The summed E-state index contributed by atoms with van der Waals surface area (Å²) in [7, 11) is 1.50. The summed E-state index contributed by atoms with van der Waals surface area (Å²) in [6.07, 6.45) is -0.0290. The van der Waals surface area contributed by atoms with Gasteiger partial charge in [0.2, 0.25) is 0 Å². The molecule has 2 N–H and O–H groups in total. The average molecular weight is 351 g/mol. The van der Waals surface area contributed by atoms with Gasteiger partial charge in [-0.25, -0.2) is 0 Å². The first-order valence-electron chi connectivity index (χ1n) is 7.88. The Kier molecular flexibility index (Phi) is 5.23. The second-order valence-corrected chi connectivity index (χ2v) is 5.58. The Morgan fingerprint density at radius 2 is 2.16 bits per heavy atom. The zero-order chi connectivity index (χ0) is 17.8. The lowest BCUT2D eigenvalue weighted by Crippen LogP contribution is -2.15. The molecule has 1 heterocycles. The second-order valence-electron chi connectivity index (χ2n) is 5.58. The highest BCUT2D eigenvalue weighted by Crippen LogP contribution is 2.38. The van der Waals surface area contributed by atoms with Crippen molar-refractivity contribution in [2.75, 3.05) is 19.0 Å². The van der Waals surface area contributed by atoms with Crippen LogP contribution in [0.25, 0.3) is 0 Å². The molecular formula is C18H19F2NO4. The lowest BCUT2D eigenvalue weighted by Gasteiger charge is -2.25. The van der Waals surface area contributed by atoms with E-state index in [0.717, 1.165) is 0 Å². The average Bonchev–Trinajstić information content (AvgIpc) is 2.61. The number of fused-ring (bicyclic) bond motifs is 1. The van der Waals surface area contributed by atoms with Gasteiger partial charge in [0.25, 0.3) is 0 Å². The molecule has 25 heavy (non-hydrogen) atoms. The molecule has 0 radical (unpaired) electrons. The summed E-state index contributed by atoms with van der Waals surface area (Å²) in [5.41, 5.74) is 1.92. The standard InChI is InChI=1S/C18H19F2NO4/c1-23-12-5-6-16(25-18(19)20)11(9-12)10-21-14-4-2-3-13-15(22)7-8-24-17(13)14/h2-6,9,15,18,21-22H,7-8,10H2,1H3. The molecule has 5 nitrogen and oxygen atoms in total. The summed E-state index contributed by atoms with van der Waals surface area (Å²) in [5, 5.41) is 13.2. The molecule has 1 atom stereocenters. The molecule has 2 aromatic carbocycles. The number of aliphatic hydroxyl groups is 1. The molecule has 0 aromatic heterocycles. The normalized spacial score (nSPS) is 16.1. The van der Waals surface area contributed by atoms with Crippen LogP contribution in [0.2, 0.25) is 0 Å². The van der Waals surface area contributed by atoms with Crippen LogP contribution in [0.1, 0.15) is 23.7 Å². The van der Waals surface area contributed by atoms with E-state index in [4.69, 9.17) is 9.47 Å². The van der Waals surface area contributed by atoms with Crippen molar-refractivity contribution in [2.45, 2.75) is 25.7 Å². The summed E-state index contributed by atoms with van der Waals surface area (Å²) in [4.78, 5) is 0. The van der Waals surface area contributed by atoms with Gasteiger partial charge in [-0.05, 0) is 24.3 Å². The summed E-state index contributed by atoms with van der Waals surface area (Å²) in [5.74, 6) is 1.20. The number of halogens is 2. The summed E-state index contributed by atoms with van der Waals surface area (Å²) < 4.78 is 40.5. The number of para-hydroxylation sites is 1. The Hall–Kier alpha value is -2.54. The highest BCUT2D eigenvalue weighted by atomic mass is 19.3. The van der Waals surface area contributed by atoms with Gasteiger partial charge in [0, 0.05) is 24.1 Å². The molecule has 3 rings (SSSR count). The second kappa shape index (κ2) is 7.57. The Balaban J connectivity index is 1.83. The molecule has 2 aromatic rings. The SMILES string of the molecule is COc1ccc(OC(F)F)c(CNc2cccc3c2OCCC3O)c1. The van der Waals surface area contributed by atoms with E-state index in [2.05, 4.69) is 10.1 Å². The van der Waals surface area contributed by atoms with E-state index < -0.39 is 12.7 Å². The van der Waals surface area contributed by atoms with E-state index in [9.17, 15) is 13.9 Å². The minimum Gasteiger partial charge on any atom is -0.497 e. The van der Waals surface area contributed by atoms with Crippen LogP contribution in [0.4, 0.5) is 14.5 Å². The van der Waals surface area contributed by atoms with Crippen LogP contribution in [0.3, 0.4) is 0 Å². The van der Waals surface area contributed by atoms with Crippen molar-refractivity contribution in [1.29, 1.82) is 0 Å². The lowest BCUT2D eigenvalue weighted by atomic mass is 10.0. The molecule has 1 aliphatic rings. The number of aliphatic hydroxyl groups excluding tert-OH is 1. The molecule has 0 spiro atoms. The molecule has 134 valence electrons. The number of nitrogens with one attached hydrogen (secondary N) is 1. The first kappa shape index (κ1) is 17.3. The van der Waals surface area contributed by atoms with Gasteiger partial charge in [0.05, 0.1) is 25.5 Å². The van der Waals surface area contributed by atoms with Crippen molar-refractivity contribution in [3.63, 3.8) is 0 Å². The van der Waals surface area contributed by atoms with Crippen molar-refractivity contribution < 1.29 is 28.1 Å². The number of hydrogen-bond donors (Lipinski definition) is 2. The first-order valence-corrected chi connectivity index (χ1v) is 7.88. The van der Waals surface area contributed by atoms with Crippen LogP contribution >= 0.6 is 0 Å². The molecule has 0 saturated heterocycles. The van der Waals surface area contributed by atoms with Crippen LogP contribution in [0.5, 0.6) is 17.2 Å². The van der Waals surface area contributed by atoms with Crippen LogP contribution in [-0.2, 0) is 6.54 Å². The van der Waals surface area contributed by atoms with Gasteiger partial charge in [-0.15, -0.1) is 0 Å². The van der Waals surface area contributed by atoms with E-state index in [1.165, 1.54) is 13.2 Å². The monoisotopic (exact) mass is 351 g/mol. The van der Waals surface area contributed by atoms with E-state index in [0.29, 0.717) is 41.3 Å². The maximum atomic E-state index is 12.6. The van der Waals surface area contributed by atoms with Gasteiger partial charge in [-0.2, -0.15) is 8.78 Å².